The number of allylic oxidation sites excluding steroid dienone is 1. The van der Waals surface area contributed by atoms with E-state index in [-0.39, 0.29) is 17.7 Å². The number of ether oxygens (including phenoxy) is 1. The lowest BCUT2D eigenvalue weighted by Gasteiger charge is -2.23. The maximum atomic E-state index is 12.8. The number of hydrogen-bond donors (Lipinski definition) is 1. The third-order valence-corrected chi connectivity index (χ3v) is 7.03. The quantitative estimate of drug-likeness (QED) is 0.299. The van der Waals surface area contributed by atoms with Gasteiger partial charge in [0.1, 0.15) is 10.6 Å². The van der Waals surface area contributed by atoms with E-state index < -0.39 is 11.7 Å². The van der Waals surface area contributed by atoms with Crippen LogP contribution in [0.4, 0.5) is 18.2 Å². The van der Waals surface area contributed by atoms with Crippen LogP contribution in [0.25, 0.3) is 16.3 Å². The smallest absolute Gasteiger partial charge is 0.417 e. The Labute approximate surface area is 209 Å². The third kappa shape index (κ3) is 5.73. The maximum Gasteiger partial charge on any atom is 0.417 e. The highest BCUT2D eigenvalue weighted by Gasteiger charge is 2.30. The van der Waals surface area contributed by atoms with Gasteiger partial charge in [-0.1, -0.05) is 41.2 Å². The monoisotopic (exact) mass is 509 g/mol. The Balaban J connectivity index is 1.17. The zero-order chi connectivity index (χ0) is 25.1. The molecule has 0 spiro atoms. The van der Waals surface area contributed by atoms with E-state index in [0.29, 0.717) is 5.75 Å². The summed E-state index contributed by atoms with van der Waals surface area (Å²) in [6.07, 6.45) is 3.32. The molecule has 1 fully saturated rings. The van der Waals surface area contributed by atoms with Crippen molar-refractivity contribution in [3.63, 3.8) is 0 Å². The average molecular weight is 510 g/mol. The predicted molar refractivity (Wildman–Crippen MR) is 134 cm³/mol. The number of benzene rings is 1. The zero-order valence-electron chi connectivity index (χ0n) is 19.1. The first-order valence-electron chi connectivity index (χ1n) is 11.5. The van der Waals surface area contributed by atoms with Crippen LogP contribution in [0.3, 0.4) is 0 Å². The molecule has 1 aliphatic rings. The number of amides is 1. The summed E-state index contributed by atoms with van der Waals surface area (Å²) < 4.78 is 43.8. The number of nitrogens with one attached hydrogen (secondary N) is 1. The van der Waals surface area contributed by atoms with Crippen LogP contribution in [-0.4, -0.2) is 15.9 Å². The molecule has 0 saturated heterocycles. The highest BCUT2D eigenvalue weighted by molar-refractivity contribution is 7.22. The molecule has 0 aliphatic heterocycles. The van der Waals surface area contributed by atoms with Crippen LogP contribution >= 0.6 is 11.3 Å². The fourth-order valence-corrected chi connectivity index (χ4v) is 5.09. The molecule has 1 aromatic carbocycles. The van der Waals surface area contributed by atoms with Crippen LogP contribution in [0.15, 0.2) is 72.6 Å². The molecule has 5 rings (SSSR count). The van der Waals surface area contributed by atoms with Crippen molar-refractivity contribution in [2.75, 3.05) is 5.32 Å². The van der Waals surface area contributed by atoms with Crippen molar-refractivity contribution in [1.29, 1.82) is 0 Å². The largest absolute Gasteiger partial charge is 0.439 e. The summed E-state index contributed by atoms with van der Waals surface area (Å²) in [5.74, 6) is 0.581. The summed E-state index contributed by atoms with van der Waals surface area (Å²) in [5.41, 5.74) is 1.35. The number of carbonyl (C=O) groups is 1. The molecule has 4 aromatic rings. The summed E-state index contributed by atoms with van der Waals surface area (Å²) in [6, 6.07) is 15.3. The molecular weight excluding hydrogens is 487 g/mol. The fraction of sp³-hybridized carbons (Fsp3) is 0.222. The Morgan fingerprint density at radius 2 is 1.89 bits per heavy atom. The fourth-order valence-electron chi connectivity index (χ4n) is 4.19. The van der Waals surface area contributed by atoms with Crippen molar-refractivity contribution in [1.82, 2.24) is 9.97 Å². The van der Waals surface area contributed by atoms with Crippen molar-refractivity contribution in [3.05, 3.63) is 83.7 Å². The molecular formula is C27H22F3N3O2S. The molecule has 1 N–H and O–H groups in total. The molecule has 184 valence electrons. The minimum absolute atomic E-state index is 0.0410. The van der Waals surface area contributed by atoms with Gasteiger partial charge in [0.15, 0.2) is 0 Å². The topological polar surface area (TPSA) is 64.1 Å². The second-order valence-corrected chi connectivity index (χ2v) is 9.66. The average Bonchev–Trinajstić information content (AvgIpc) is 3.27. The Kier molecular flexibility index (Phi) is 6.73. The van der Waals surface area contributed by atoms with Crippen LogP contribution in [-0.2, 0) is 11.0 Å². The van der Waals surface area contributed by atoms with Crippen molar-refractivity contribution >= 4 is 38.5 Å². The molecule has 9 heteroatoms. The molecule has 0 bridgehead atoms. The lowest BCUT2D eigenvalue weighted by Crippen LogP contribution is -2.24. The van der Waals surface area contributed by atoms with Gasteiger partial charge < -0.3 is 10.1 Å². The maximum absolute atomic E-state index is 12.8. The van der Waals surface area contributed by atoms with E-state index in [1.54, 1.807) is 12.3 Å². The number of nitrogens with zero attached hydrogens (tertiary/aromatic N) is 2. The molecule has 5 nitrogen and oxygen atoms in total. The van der Waals surface area contributed by atoms with Gasteiger partial charge in [-0.05, 0) is 61.6 Å². The molecule has 1 saturated carbocycles. The highest BCUT2D eigenvalue weighted by Crippen LogP contribution is 2.34. The molecule has 36 heavy (non-hydrogen) atoms. The molecule has 1 aliphatic carbocycles. The van der Waals surface area contributed by atoms with Gasteiger partial charge in [0.05, 0.1) is 10.6 Å². The van der Waals surface area contributed by atoms with Gasteiger partial charge in [0.25, 0.3) is 0 Å². The lowest BCUT2D eigenvalue weighted by atomic mass is 9.84. The molecule has 1 amide bonds. The summed E-state index contributed by atoms with van der Waals surface area (Å²) >= 11 is 1.47. The Morgan fingerprint density at radius 1 is 1.06 bits per heavy atom. The van der Waals surface area contributed by atoms with E-state index in [2.05, 4.69) is 21.4 Å². The summed E-state index contributed by atoms with van der Waals surface area (Å²) in [7, 11) is 0. The lowest BCUT2D eigenvalue weighted by molar-refractivity contribution is -0.137. The van der Waals surface area contributed by atoms with Gasteiger partial charge in [-0.15, -0.1) is 0 Å². The van der Waals surface area contributed by atoms with E-state index >= 15 is 0 Å². The number of hydrogen-bond acceptors (Lipinski definition) is 5. The van der Waals surface area contributed by atoms with Gasteiger partial charge >= 0.3 is 6.18 Å². The first-order valence-corrected chi connectivity index (χ1v) is 12.3. The second kappa shape index (κ2) is 10.1. The second-order valence-electron chi connectivity index (χ2n) is 8.63. The van der Waals surface area contributed by atoms with Gasteiger partial charge in [0.2, 0.25) is 11.8 Å². The van der Waals surface area contributed by atoms with Crippen LogP contribution < -0.4 is 10.1 Å². The molecule has 0 radical (unpaired) electrons. The van der Waals surface area contributed by atoms with Crippen molar-refractivity contribution in [3.8, 4) is 11.6 Å². The minimum atomic E-state index is -4.44. The minimum Gasteiger partial charge on any atom is -0.439 e. The Morgan fingerprint density at radius 3 is 2.61 bits per heavy atom. The van der Waals surface area contributed by atoms with Crippen LogP contribution in [0, 0.1) is 5.92 Å². The van der Waals surface area contributed by atoms with E-state index in [1.165, 1.54) is 23.0 Å². The number of thiophene rings is 1. The third-order valence-electron chi connectivity index (χ3n) is 6.05. The van der Waals surface area contributed by atoms with Crippen molar-refractivity contribution < 1.29 is 22.7 Å². The van der Waals surface area contributed by atoms with Crippen LogP contribution in [0.5, 0.6) is 11.6 Å². The Hall–Kier alpha value is -3.72. The first-order chi connectivity index (χ1) is 17.3. The van der Waals surface area contributed by atoms with E-state index in [1.807, 2.05) is 36.4 Å². The number of rotatable bonds is 5. The number of anilines is 1. The number of carbonyl (C=O) groups excluding carboxylic acids is 1. The van der Waals surface area contributed by atoms with Crippen molar-refractivity contribution in [2.24, 2.45) is 5.92 Å². The summed E-state index contributed by atoms with van der Waals surface area (Å²) in [5, 5.41) is 4.88. The van der Waals surface area contributed by atoms with Gasteiger partial charge in [-0.2, -0.15) is 13.2 Å². The predicted octanol–water partition coefficient (Wildman–Crippen LogP) is 7.71. The standard InChI is InChI=1S/C27H22F3N3O2S/c28-27(29,30)21-10-11-23(32-16-21)35-22-5-1-3-18(14-22)13-17-6-8-19(9-7-17)25(34)33-24-15-20-4-2-12-31-26(20)36-24/h1-5,10-16,19H,6-9H2,(H,33,34). The molecule has 0 atom stereocenters. The van der Waals surface area contributed by atoms with Crippen molar-refractivity contribution in [2.45, 2.75) is 31.9 Å². The summed E-state index contributed by atoms with van der Waals surface area (Å²) in [4.78, 5) is 21.8. The number of aromatic nitrogens is 2. The van der Waals surface area contributed by atoms with Gasteiger partial charge in [0, 0.05) is 29.8 Å². The molecule has 3 aromatic heterocycles. The number of fused-ring (bicyclic) bond motifs is 1. The van der Waals surface area contributed by atoms with Gasteiger partial charge in [-0.3, -0.25) is 4.79 Å². The normalized spacial score (nSPS) is 16.1. The number of pyridine rings is 2. The zero-order valence-corrected chi connectivity index (χ0v) is 19.9. The van der Waals surface area contributed by atoms with Crippen LogP contribution in [0.2, 0.25) is 0 Å². The van der Waals surface area contributed by atoms with E-state index in [4.69, 9.17) is 4.74 Å². The number of halogens is 3. The van der Waals surface area contributed by atoms with E-state index in [9.17, 15) is 18.0 Å². The summed E-state index contributed by atoms with van der Waals surface area (Å²) in [6.45, 7) is 0. The van der Waals surface area contributed by atoms with Crippen LogP contribution in [0.1, 0.15) is 36.8 Å². The molecule has 0 unspecified atom stereocenters. The number of alkyl halides is 3. The first kappa shape index (κ1) is 24.0. The molecule has 3 heterocycles. The van der Waals surface area contributed by atoms with E-state index in [0.717, 1.165) is 58.7 Å². The highest BCUT2D eigenvalue weighted by atomic mass is 32.1. The Bertz CT molecular complexity index is 1370. The SMILES string of the molecule is O=C(Nc1cc2cccnc2s1)C1CCC(=Cc2cccc(Oc3ccc(C(F)(F)F)cn3)c2)CC1. The van der Waals surface area contributed by atoms with Gasteiger partial charge in [-0.25, -0.2) is 9.97 Å².